The van der Waals surface area contributed by atoms with Crippen LogP contribution in [0.15, 0.2) is 94.2 Å². The Bertz CT molecular complexity index is 3130. The molecule has 1 aromatic carbocycles. The van der Waals surface area contributed by atoms with Crippen molar-refractivity contribution in [2.45, 2.75) is 186 Å². The van der Waals surface area contributed by atoms with Crippen LogP contribution in [-0.4, -0.2) is 129 Å². The normalized spacial score (nSPS) is 29.7. The van der Waals surface area contributed by atoms with Crippen molar-refractivity contribution < 1.29 is 60.1 Å². The molecule has 12 unspecified atom stereocenters. The standard InChI is InChI=1S/C68H99N5O12S3/c1-10-72-57-26-23-51(88(81,82)83)38-55(57)66(7,8)59(72)18-13-11-14-19-60-65(5,6)54-37-50(87(79)80)22-25-58(54)73(60)33-16-12-15-20-61(74)71-56(43-86)64(77)70-32-17-31-69-62(75)42-84-40-48-28-29-67(9)39-47(35-48)21-24-52-53(67)34-45(3)46(4)68(52,78)30-27-44(2)49-36-63(76)85-41-49/h11,13-14,18-19,23,25-26,36-38,44-48,50,52-53,56,78H,10,12,15-17,20-22,24,27-35,39-43H2,1-9H3,(H5-,69,70,71,74,75,77,79,80,81,82,83,86)/p+1. The number of cyclic esters (lactones) is 1. The van der Waals surface area contributed by atoms with Gasteiger partial charge in [0.1, 0.15) is 25.8 Å². The zero-order valence-electron chi connectivity index (χ0n) is 53.5. The number of anilines is 1. The number of thiol groups is 1. The fraction of sp³-hybridized carbons (Fsp3) is 0.662. The van der Waals surface area contributed by atoms with E-state index in [0.717, 1.165) is 110 Å². The number of likely N-dealkylation sites (N-methyl/N-ethyl adjacent to an activating group) is 1. The SMILES string of the molecule is CCN1C(=CC=CC=CC2=[N+](CCCCCC(=O)NC(CS)C(=O)NCCCNC(=O)COCC3CCC4(C)CC(CCC5C4CC(C)C(C)C5(O)CCC(C)C4=CC(=O)OC4)C3)C3=CCC(S(=O)O)C=C3C2(C)C)C(C)(C)c2cc(S(=O)(=O)O)ccc21. The van der Waals surface area contributed by atoms with E-state index < -0.39 is 48.9 Å². The molecule has 12 atom stereocenters. The fourth-order valence-electron chi connectivity index (χ4n) is 16.0. The highest BCUT2D eigenvalue weighted by atomic mass is 32.2. The first-order valence-corrected chi connectivity index (χ1v) is 35.6. The molecule has 8 rings (SSSR count). The summed E-state index contributed by atoms with van der Waals surface area (Å²) in [5, 5.41) is 20.9. The molecule has 7 aliphatic rings. The Morgan fingerprint density at radius 3 is 2.44 bits per heavy atom. The lowest BCUT2D eigenvalue weighted by atomic mass is 9.51. The minimum absolute atomic E-state index is 0.0244. The number of benzene rings is 1. The largest absolute Gasteiger partial charge is 0.458 e. The number of rotatable bonds is 27. The molecule has 20 heteroatoms. The zero-order valence-corrected chi connectivity index (χ0v) is 56.0. The van der Waals surface area contributed by atoms with Crippen LogP contribution in [0.4, 0.5) is 5.69 Å². The van der Waals surface area contributed by atoms with Gasteiger partial charge in [-0.3, -0.25) is 18.9 Å². The highest BCUT2D eigenvalue weighted by molar-refractivity contribution is 7.85. The number of unbranched alkanes of at least 4 members (excludes halogenated alkanes) is 2. The minimum atomic E-state index is -4.37. The van der Waals surface area contributed by atoms with Crippen molar-refractivity contribution in [3.05, 3.63) is 94.9 Å². The van der Waals surface area contributed by atoms with Gasteiger partial charge in [-0.15, -0.1) is 0 Å². The summed E-state index contributed by atoms with van der Waals surface area (Å²) in [6.07, 6.45) is 28.0. The summed E-state index contributed by atoms with van der Waals surface area (Å²) in [6, 6.07) is 3.89. The Labute approximate surface area is 531 Å². The maximum absolute atomic E-state index is 13.1. The van der Waals surface area contributed by atoms with E-state index in [0.29, 0.717) is 82.3 Å². The van der Waals surface area contributed by atoms with Crippen molar-refractivity contribution in [3.63, 3.8) is 0 Å². The molecule has 0 aromatic heterocycles. The first kappa shape index (κ1) is 69.2. The lowest BCUT2D eigenvalue weighted by molar-refractivity contribution is -0.469. The van der Waals surface area contributed by atoms with Gasteiger partial charge in [0.25, 0.3) is 10.1 Å². The van der Waals surface area contributed by atoms with Crippen LogP contribution in [0.3, 0.4) is 0 Å². The number of hydrogen-bond donors (Lipinski definition) is 7. The molecule has 1 aromatic rings. The topological polar surface area (TPSA) is 241 Å². The van der Waals surface area contributed by atoms with Gasteiger partial charge in [0.2, 0.25) is 23.4 Å². The van der Waals surface area contributed by atoms with Crippen molar-refractivity contribution in [2.24, 2.45) is 52.3 Å². The predicted octanol–water partition coefficient (Wildman–Crippen LogP) is 10.1. The van der Waals surface area contributed by atoms with Crippen LogP contribution in [0.2, 0.25) is 0 Å². The van der Waals surface area contributed by atoms with Crippen molar-refractivity contribution >= 4 is 68.9 Å². The Kier molecular flexibility index (Phi) is 23.0. The molecule has 6 N–H and O–H groups in total. The molecule has 2 bridgehead atoms. The molecule has 0 saturated heterocycles. The number of aliphatic hydroxyl groups is 1. The van der Waals surface area contributed by atoms with E-state index in [-0.39, 0.29) is 70.5 Å². The summed E-state index contributed by atoms with van der Waals surface area (Å²) < 4.78 is 69.6. The van der Waals surface area contributed by atoms with E-state index in [4.69, 9.17) is 9.47 Å². The molecule has 486 valence electrons. The number of ether oxygens (including phenoxy) is 2. The van der Waals surface area contributed by atoms with Gasteiger partial charge in [-0.05, 0) is 186 Å². The summed E-state index contributed by atoms with van der Waals surface area (Å²) in [4.78, 5) is 53.0. The van der Waals surface area contributed by atoms with Crippen LogP contribution in [0.25, 0.3) is 0 Å². The van der Waals surface area contributed by atoms with Crippen molar-refractivity contribution in [3.8, 4) is 0 Å². The van der Waals surface area contributed by atoms with E-state index in [1.54, 1.807) is 18.2 Å². The number of nitrogens with zero attached hydrogens (tertiary/aromatic N) is 2. The van der Waals surface area contributed by atoms with Gasteiger partial charge in [0.05, 0.1) is 27.8 Å². The Morgan fingerprint density at radius 1 is 0.977 bits per heavy atom. The number of esters is 1. The van der Waals surface area contributed by atoms with Gasteiger partial charge in [0, 0.05) is 72.8 Å². The van der Waals surface area contributed by atoms with Crippen LogP contribution in [0.5, 0.6) is 0 Å². The van der Waals surface area contributed by atoms with Crippen molar-refractivity contribution in [2.75, 3.05) is 56.7 Å². The van der Waals surface area contributed by atoms with Gasteiger partial charge in [-0.1, -0.05) is 72.3 Å². The fourth-order valence-corrected chi connectivity index (χ4v) is 17.2. The van der Waals surface area contributed by atoms with Gasteiger partial charge in [-0.2, -0.15) is 25.6 Å². The minimum Gasteiger partial charge on any atom is -0.458 e. The average molecular weight is 1280 g/mol. The maximum Gasteiger partial charge on any atom is 0.331 e. The molecule has 17 nitrogen and oxygen atoms in total. The highest BCUT2D eigenvalue weighted by Crippen LogP contribution is 2.61. The summed E-state index contributed by atoms with van der Waals surface area (Å²) >= 11 is 2.35. The van der Waals surface area contributed by atoms with Crippen LogP contribution in [0, 0.1) is 52.3 Å². The van der Waals surface area contributed by atoms with Crippen LogP contribution < -0.4 is 20.9 Å². The molecule has 3 aliphatic heterocycles. The van der Waals surface area contributed by atoms with Crippen LogP contribution in [0.1, 0.15) is 164 Å². The van der Waals surface area contributed by atoms with Gasteiger partial charge < -0.3 is 40.0 Å². The summed E-state index contributed by atoms with van der Waals surface area (Å²) in [5.74, 6) is 1.50. The number of fused-ring (bicyclic) bond motifs is 6. The first-order chi connectivity index (χ1) is 41.6. The van der Waals surface area contributed by atoms with Crippen LogP contribution >= 0.6 is 12.6 Å². The first-order valence-electron chi connectivity index (χ1n) is 32.4. The maximum atomic E-state index is 13.1. The molecule has 3 saturated carbocycles. The summed E-state index contributed by atoms with van der Waals surface area (Å²) in [7, 11) is -4.37. The third-order valence-electron chi connectivity index (χ3n) is 21.2. The lowest BCUT2D eigenvalue weighted by Gasteiger charge is -2.56. The number of carbonyl (C=O) groups excluding carboxylic acids is 4. The lowest BCUT2D eigenvalue weighted by Crippen LogP contribution is -2.56. The van der Waals surface area contributed by atoms with E-state index in [2.05, 4.69) is 85.7 Å². The molecule has 4 aliphatic carbocycles. The summed E-state index contributed by atoms with van der Waals surface area (Å²) in [6.45, 7) is 22.4. The zero-order chi connectivity index (χ0) is 63.9. The quantitative estimate of drug-likeness (QED) is 0.00826. The monoisotopic (exact) mass is 1270 g/mol. The molecule has 3 fully saturated rings. The number of nitrogens with one attached hydrogen (secondary N) is 3. The second-order valence-corrected chi connectivity index (χ2v) is 30.7. The predicted molar refractivity (Wildman–Crippen MR) is 349 cm³/mol. The van der Waals surface area contributed by atoms with Gasteiger partial charge in [0.15, 0.2) is 16.8 Å². The van der Waals surface area contributed by atoms with Gasteiger partial charge in [-0.25, -0.2) is 9.00 Å². The third-order valence-corrected chi connectivity index (χ3v) is 23.3. The van der Waals surface area contributed by atoms with E-state index >= 15 is 0 Å². The molecule has 0 spiro atoms. The Morgan fingerprint density at radius 2 is 1.74 bits per heavy atom. The number of allylic oxidation sites excluding steroid dienone is 8. The molecule has 0 radical (unpaired) electrons. The third kappa shape index (κ3) is 15.8. The second kappa shape index (κ2) is 29.3. The average Bonchev–Trinajstić information content (AvgIpc) is 1.56. The summed E-state index contributed by atoms with van der Waals surface area (Å²) in [5.41, 5.74) is 5.13. The number of hydrogen-bond acceptors (Lipinski definition) is 12. The van der Waals surface area contributed by atoms with E-state index in [1.165, 1.54) is 6.07 Å². The second-order valence-electron chi connectivity index (χ2n) is 27.7. The number of amides is 3. The smallest absolute Gasteiger partial charge is 0.331 e. The van der Waals surface area contributed by atoms with E-state index in [9.17, 15) is 46.0 Å². The van der Waals surface area contributed by atoms with Gasteiger partial charge >= 0.3 is 5.97 Å². The molecule has 88 heavy (non-hydrogen) atoms. The van der Waals surface area contributed by atoms with E-state index in [1.807, 2.05) is 57.2 Å². The molecule has 3 amide bonds. The molecular weight excluding hydrogens is 1170 g/mol. The Balaban J connectivity index is 0.742. The van der Waals surface area contributed by atoms with Crippen molar-refractivity contribution in [1.29, 1.82) is 0 Å². The Hall–Kier alpha value is -4.70. The van der Waals surface area contributed by atoms with Crippen molar-refractivity contribution in [1.82, 2.24) is 16.0 Å². The van der Waals surface area contributed by atoms with Crippen LogP contribution in [-0.2, 0) is 55.3 Å². The molecular formula is C68H100N5O12S3+. The number of carbonyl (C=O) groups is 4. The highest BCUT2D eigenvalue weighted by Gasteiger charge is 2.57. The molecule has 3 heterocycles.